The molecule has 0 radical (unpaired) electrons. The predicted octanol–water partition coefficient (Wildman–Crippen LogP) is 2.27. The number of nitrogens with two attached hydrogens (primary N) is 2. The fourth-order valence-corrected chi connectivity index (χ4v) is 5.57. The van der Waals surface area contributed by atoms with Gasteiger partial charge in [0, 0.05) is 51.4 Å². The Bertz CT molecular complexity index is 1030. The summed E-state index contributed by atoms with van der Waals surface area (Å²) in [6.45, 7) is 10.9. The highest BCUT2D eigenvalue weighted by molar-refractivity contribution is 6.32. The molecule has 0 bridgehead atoms. The lowest BCUT2D eigenvalue weighted by Gasteiger charge is -2.47. The third-order valence-electron chi connectivity index (χ3n) is 7.36. The number of hydrogen-bond acceptors (Lipinski definition) is 8. The highest BCUT2D eigenvalue weighted by Crippen LogP contribution is 2.30. The molecule has 3 heterocycles. The molecule has 2 saturated heterocycles. The number of halogens is 1. The molecule has 0 spiro atoms. The van der Waals surface area contributed by atoms with Crippen LogP contribution in [0.3, 0.4) is 0 Å². The summed E-state index contributed by atoms with van der Waals surface area (Å²) in [6, 6.07) is 9.87. The standard InChI is InChI=1S/C26H39ClN8O/c1-3-20-17-34(25-23(27)31-22(24(29)32-25)26(36)30-11-10-28)14-15-35(20)21-8-12-33(13-9-21)16-19-6-4-18(2)5-7-19/h4-7,20-21H,3,8-17,28H2,1-2H3,(H2,29,32)(H,30,36)/t20-/m0/s1. The number of aromatic nitrogens is 2. The van der Waals surface area contributed by atoms with E-state index in [1.165, 1.54) is 24.0 Å². The number of rotatable bonds is 8. The van der Waals surface area contributed by atoms with E-state index < -0.39 is 5.91 Å². The Morgan fingerprint density at radius 2 is 1.86 bits per heavy atom. The number of nitrogens with zero attached hydrogens (tertiary/aromatic N) is 5. The number of benzene rings is 1. The molecule has 5 N–H and O–H groups in total. The van der Waals surface area contributed by atoms with Crippen molar-refractivity contribution in [2.75, 3.05) is 56.4 Å². The number of amides is 1. The fourth-order valence-electron chi connectivity index (χ4n) is 5.32. The molecule has 1 aromatic carbocycles. The average molecular weight is 515 g/mol. The Morgan fingerprint density at radius 1 is 1.14 bits per heavy atom. The van der Waals surface area contributed by atoms with Crippen molar-refractivity contribution in [2.45, 2.75) is 51.7 Å². The summed E-state index contributed by atoms with van der Waals surface area (Å²) in [5, 5.41) is 2.87. The van der Waals surface area contributed by atoms with Gasteiger partial charge in [-0.1, -0.05) is 48.4 Å². The molecule has 2 aliphatic heterocycles. The first-order valence-corrected chi connectivity index (χ1v) is 13.4. The van der Waals surface area contributed by atoms with Crippen LogP contribution in [0.2, 0.25) is 5.15 Å². The first-order chi connectivity index (χ1) is 17.4. The molecule has 196 valence electrons. The van der Waals surface area contributed by atoms with Crippen molar-refractivity contribution >= 4 is 29.1 Å². The number of nitrogens with one attached hydrogen (secondary N) is 1. The van der Waals surface area contributed by atoms with Gasteiger partial charge in [0.25, 0.3) is 5.91 Å². The van der Waals surface area contributed by atoms with E-state index in [0.717, 1.165) is 45.7 Å². The van der Waals surface area contributed by atoms with E-state index >= 15 is 0 Å². The van der Waals surface area contributed by atoms with E-state index in [9.17, 15) is 4.79 Å². The first kappa shape index (κ1) is 26.6. The first-order valence-electron chi connectivity index (χ1n) is 13.0. The molecule has 1 atom stereocenters. The number of anilines is 2. The Hall–Kier alpha value is -2.46. The minimum Gasteiger partial charge on any atom is -0.382 e. The molecule has 10 heteroatoms. The Morgan fingerprint density at radius 3 is 2.53 bits per heavy atom. The molecule has 2 fully saturated rings. The SMILES string of the molecule is CC[C@H]1CN(c2nc(N)c(C(=O)NCCN)nc2Cl)CCN1C1CCN(Cc2ccc(C)cc2)CC1. The third kappa shape index (κ3) is 6.26. The predicted molar refractivity (Wildman–Crippen MR) is 145 cm³/mol. The summed E-state index contributed by atoms with van der Waals surface area (Å²) in [4.78, 5) is 28.4. The zero-order chi connectivity index (χ0) is 25.7. The fraction of sp³-hybridized carbons (Fsp3) is 0.577. The Kier molecular flexibility index (Phi) is 9.00. The van der Waals surface area contributed by atoms with Gasteiger partial charge >= 0.3 is 0 Å². The normalized spacial score (nSPS) is 20.0. The zero-order valence-electron chi connectivity index (χ0n) is 21.4. The second-order valence-corrected chi connectivity index (χ2v) is 10.2. The van der Waals surface area contributed by atoms with Gasteiger partial charge in [0.15, 0.2) is 22.5 Å². The van der Waals surface area contributed by atoms with E-state index in [1.807, 2.05) is 0 Å². The number of piperazine rings is 1. The molecular formula is C26H39ClN8O. The van der Waals surface area contributed by atoms with Crippen molar-refractivity contribution in [3.8, 4) is 0 Å². The maximum absolute atomic E-state index is 12.3. The summed E-state index contributed by atoms with van der Waals surface area (Å²) in [7, 11) is 0. The molecule has 9 nitrogen and oxygen atoms in total. The van der Waals surface area contributed by atoms with Crippen LogP contribution < -0.4 is 21.7 Å². The number of carbonyl (C=O) groups excluding carboxylic acids is 1. The molecule has 4 rings (SSSR count). The number of piperidine rings is 1. The van der Waals surface area contributed by atoms with Gasteiger partial charge < -0.3 is 21.7 Å². The summed E-state index contributed by atoms with van der Waals surface area (Å²) in [5.41, 5.74) is 14.3. The summed E-state index contributed by atoms with van der Waals surface area (Å²) in [6.07, 6.45) is 3.41. The monoisotopic (exact) mass is 514 g/mol. The van der Waals surface area contributed by atoms with Gasteiger partial charge in [-0.05, 0) is 44.8 Å². The molecular weight excluding hydrogens is 476 g/mol. The van der Waals surface area contributed by atoms with Crippen LogP contribution in [0.4, 0.5) is 11.6 Å². The van der Waals surface area contributed by atoms with Gasteiger partial charge in [-0.25, -0.2) is 9.97 Å². The molecule has 1 aromatic heterocycles. The smallest absolute Gasteiger partial charge is 0.273 e. The lowest BCUT2D eigenvalue weighted by atomic mass is 9.98. The quantitative estimate of drug-likeness (QED) is 0.491. The third-order valence-corrected chi connectivity index (χ3v) is 7.61. The molecule has 36 heavy (non-hydrogen) atoms. The minimum absolute atomic E-state index is 0.0419. The van der Waals surface area contributed by atoms with E-state index in [0.29, 0.717) is 31.0 Å². The van der Waals surface area contributed by atoms with Gasteiger partial charge in [0.05, 0.1) is 0 Å². The van der Waals surface area contributed by atoms with Crippen LogP contribution in [-0.2, 0) is 6.54 Å². The molecule has 0 aliphatic carbocycles. The van der Waals surface area contributed by atoms with E-state index in [2.05, 4.69) is 68.1 Å². The number of likely N-dealkylation sites (tertiary alicyclic amines) is 1. The van der Waals surface area contributed by atoms with Crippen molar-refractivity contribution in [3.63, 3.8) is 0 Å². The average Bonchev–Trinajstić information content (AvgIpc) is 2.89. The topological polar surface area (TPSA) is 117 Å². The Labute approximate surface area is 219 Å². The lowest BCUT2D eigenvalue weighted by Crippen LogP contribution is -2.58. The molecule has 2 aromatic rings. The molecule has 1 amide bonds. The zero-order valence-corrected chi connectivity index (χ0v) is 22.2. The molecule has 0 unspecified atom stereocenters. The van der Waals surface area contributed by atoms with Crippen molar-refractivity contribution in [1.82, 2.24) is 25.1 Å². The maximum atomic E-state index is 12.3. The number of carbonyl (C=O) groups is 1. The van der Waals surface area contributed by atoms with Crippen molar-refractivity contribution in [2.24, 2.45) is 5.73 Å². The van der Waals surface area contributed by atoms with Crippen LogP contribution in [0.15, 0.2) is 24.3 Å². The maximum Gasteiger partial charge on any atom is 0.273 e. The van der Waals surface area contributed by atoms with Crippen LogP contribution in [0.5, 0.6) is 0 Å². The Balaban J connectivity index is 1.35. The van der Waals surface area contributed by atoms with Crippen LogP contribution in [-0.4, -0.2) is 83.6 Å². The number of nitrogen functional groups attached to an aromatic ring is 1. The van der Waals surface area contributed by atoms with Gasteiger partial charge in [-0.15, -0.1) is 0 Å². The van der Waals surface area contributed by atoms with Gasteiger partial charge in [0.1, 0.15) is 0 Å². The largest absolute Gasteiger partial charge is 0.382 e. The summed E-state index contributed by atoms with van der Waals surface area (Å²) in [5.74, 6) is 0.222. The second-order valence-electron chi connectivity index (χ2n) is 9.86. The van der Waals surface area contributed by atoms with Crippen LogP contribution in [0.1, 0.15) is 47.8 Å². The molecule has 0 saturated carbocycles. The van der Waals surface area contributed by atoms with Crippen LogP contribution >= 0.6 is 11.6 Å². The number of hydrogen-bond donors (Lipinski definition) is 3. The molecule has 2 aliphatic rings. The van der Waals surface area contributed by atoms with Crippen molar-refractivity contribution in [1.29, 1.82) is 0 Å². The highest BCUT2D eigenvalue weighted by Gasteiger charge is 2.34. The minimum atomic E-state index is -0.413. The number of aryl methyl sites for hydroxylation is 1. The van der Waals surface area contributed by atoms with Crippen LogP contribution in [0, 0.1) is 6.92 Å². The van der Waals surface area contributed by atoms with E-state index in [-0.39, 0.29) is 16.7 Å². The van der Waals surface area contributed by atoms with E-state index in [4.69, 9.17) is 23.1 Å². The summed E-state index contributed by atoms with van der Waals surface area (Å²) >= 11 is 6.49. The van der Waals surface area contributed by atoms with Crippen LogP contribution in [0.25, 0.3) is 0 Å². The van der Waals surface area contributed by atoms with Crippen molar-refractivity contribution in [3.05, 3.63) is 46.2 Å². The van der Waals surface area contributed by atoms with Gasteiger partial charge in [-0.3, -0.25) is 14.6 Å². The van der Waals surface area contributed by atoms with Gasteiger partial charge in [0.2, 0.25) is 0 Å². The lowest BCUT2D eigenvalue weighted by molar-refractivity contribution is 0.0610. The van der Waals surface area contributed by atoms with E-state index in [1.54, 1.807) is 0 Å². The summed E-state index contributed by atoms with van der Waals surface area (Å²) < 4.78 is 0. The van der Waals surface area contributed by atoms with Crippen molar-refractivity contribution < 1.29 is 4.79 Å². The highest BCUT2D eigenvalue weighted by atomic mass is 35.5. The van der Waals surface area contributed by atoms with Gasteiger partial charge in [-0.2, -0.15) is 0 Å². The second kappa shape index (κ2) is 12.2.